The van der Waals surface area contributed by atoms with Gasteiger partial charge in [0.15, 0.2) is 11.9 Å². The molecule has 0 aliphatic heterocycles. The second-order valence-corrected chi connectivity index (χ2v) is 4.20. The third-order valence-corrected chi connectivity index (χ3v) is 2.89. The molecule has 0 saturated heterocycles. The minimum absolute atomic E-state index is 0.315. The molecule has 0 amide bonds. The van der Waals surface area contributed by atoms with Gasteiger partial charge in [-0.05, 0) is 28.1 Å². The van der Waals surface area contributed by atoms with Crippen molar-refractivity contribution in [1.29, 1.82) is 0 Å². The van der Waals surface area contributed by atoms with Crippen LogP contribution in [0.2, 0.25) is 0 Å². The third kappa shape index (κ3) is 2.74. The van der Waals surface area contributed by atoms with Gasteiger partial charge in [-0.2, -0.15) is 4.98 Å². The number of fused-ring (bicyclic) bond motifs is 1. The molecule has 92 valence electrons. The fourth-order valence-electron chi connectivity index (χ4n) is 1.39. The van der Waals surface area contributed by atoms with Crippen molar-refractivity contribution in [2.45, 2.75) is 6.29 Å². The molecule has 2 aromatic rings. The molecule has 0 aliphatic rings. The van der Waals surface area contributed by atoms with E-state index in [1.54, 1.807) is 18.7 Å². The number of anilines is 1. The lowest BCUT2D eigenvalue weighted by Crippen LogP contribution is -2.24. The molecule has 2 heterocycles. The van der Waals surface area contributed by atoms with Crippen LogP contribution in [0.25, 0.3) is 5.65 Å². The number of nitrogens with one attached hydrogen (secondary N) is 1. The van der Waals surface area contributed by atoms with E-state index in [4.69, 9.17) is 9.47 Å². The second kappa shape index (κ2) is 5.44. The highest BCUT2D eigenvalue weighted by atomic mass is 79.9. The van der Waals surface area contributed by atoms with Crippen LogP contribution in [0, 0.1) is 0 Å². The Kier molecular flexibility index (Phi) is 3.93. The van der Waals surface area contributed by atoms with Gasteiger partial charge in [0.05, 0.1) is 11.0 Å². The first-order valence-corrected chi connectivity index (χ1v) is 5.84. The number of ether oxygens (including phenoxy) is 2. The standard InChI is InChI=1S/C10H13BrN4O2/c1-16-8(17-2)6-12-10-13-9-7(11)4-3-5-15(9)14-10/h3-5,8H,6H2,1-2H3,(H,12,14). The highest BCUT2D eigenvalue weighted by Crippen LogP contribution is 2.16. The predicted octanol–water partition coefficient (Wildman–Crippen LogP) is 1.52. The molecule has 0 atom stereocenters. The van der Waals surface area contributed by atoms with E-state index in [1.165, 1.54) is 0 Å². The van der Waals surface area contributed by atoms with Gasteiger partial charge in [0.1, 0.15) is 0 Å². The summed E-state index contributed by atoms with van der Waals surface area (Å²) in [5.74, 6) is 0.538. The summed E-state index contributed by atoms with van der Waals surface area (Å²) in [6.45, 7) is 0.488. The molecule has 0 fully saturated rings. The number of hydrogen-bond donors (Lipinski definition) is 1. The molecule has 2 rings (SSSR count). The Morgan fingerprint density at radius 3 is 2.88 bits per heavy atom. The van der Waals surface area contributed by atoms with Crippen molar-refractivity contribution < 1.29 is 9.47 Å². The first-order valence-electron chi connectivity index (χ1n) is 5.05. The van der Waals surface area contributed by atoms with Gasteiger partial charge in [0.2, 0.25) is 5.95 Å². The number of rotatable bonds is 5. The third-order valence-electron chi connectivity index (χ3n) is 2.27. The quantitative estimate of drug-likeness (QED) is 0.849. The minimum atomic E-state index is -0.315. The first-order chi connectivity index (χ1) is 8.24. The lowest BCUT2D eigenvalue weighted by molar-refractivity contribution is -0.0914. The maximum atomic E-state index is 5.06. The summed E-state index contributed by atoms with van der Waals surface area (Å²) >= 11 is 3.42. The Balaban J connectivity index is 2.12. The summed E-state index contributed by atoms with van der Waals surface area (Å²) in [7, 11) is 3.17. The molecule has 0 unspecified atom stereocenters. The Morgan fingerprint density at radius 2 is 2.24 bits per heavy atom. The topological polar surface area (TPSA) is 60.7 Å². The average Bonchev–Trinajstić information content (AvgIpc) is 2.75. The molecule has 6 nitrogen and oxygen atoms in total. The zero-order valence-electron chi connectivity index (χ0n) is 9.55. The van der Waals surface area contributed by atoms with Gasteiger partial charge in [-0.25, -0.2) is 4.52 Å². The van der Waals surface area contributed by atoms with E-state index in [1.807, 2.05) is 18.3 Å². The zero-order valence-corrected chi connectivity index (χ0v) is 11.1. The van der Waals surface area contributed by atoms with Crippen LogP contribution in [0.4, 0.5) is 5.95 Å². The zero-order chi connectivity index (χ0) is 12.3. The van der Waals surface area contributed by atoms with Crippen molar-refractivity contribution in [3.05, 3.63) is 22.8 Å². The SMILES string of the molecule is COC(CNc1nc2c(Br)cccn2n1)OC. The van der Waals surface area contributed by atoms with Crippen LogP contribution in [0.15, 0.2) is 22.8 Å². The monoisotopic (exact) mass is 300 g/mol. The molecular weight excluding hydrogens is 288 g/mol. The van der Waals surface area contributed by atoms with Crippen LogP contribution in [0.5, 0.6) is 0 Å². The predicted molar refractivity (Wildman–Crippen MR) is 67.0 cm³/mol. The summed E-state index contributed by atoms with van der Waals surface area (Å²) in [6.07, 6.45) is 1.52. The number of hydrogen-bond acceptors (Lipinski definition) is 5. The second-order valence-electron chi connectivity index (χ2n) is 3.34. The molecule has 0 bridgehead atoms. The number of nitrogens with zero attached hydrogens (tertiary/aromatic N) is 3. The molecule has 0 aromatic carbocycles. The molecular formula is C10H13BrN4O2. The van der Waals surface area contributed by atoms with E-state index in [2.05, 4.69) is 31.3 Å². The van der Waals surface area contributed by atoms with Crippen LogP contribution in [-0.2, 0) is 9.47 Å². The molecule has 0 spiro atoms. The lowest BCUT2D eigenvalue weighted by Gasteiger charge is -2.12. The molecule has 17 heavy (non-hydrogen) atoms. The van der Waals surface area contributed by atoms with Crippen molar-refractivity contribution in [3.63, 3.8) is 0 Å². The molecule has 0 aliphatic carbocycles. The smallest absolute Gasteiger partial charge is 0.243 e. The maximum absolute atomic E-state index is 5.06. The summed E-state index contributed by atoms with van der Waals surface area (Å²) in [6, 6.07) is 3.81. The fourth-order valence-corrected chi connectivity index (χ4v) is 1.81. The van der Waals surface area contributed by atoms with Crippen molar-refractivity contribution in [2.75, 3.05) is 26.1 Å². The van der Waals surface area contributed by atoms with Gasteiger partial charge in [-0.1, -0.05) is 0 Å². The van der Waals surface area contributed by atoms with Crippen molar-refractivity contribution in [1.82, 2.24) is 14.6 Å². The molecule has 7 heteroatoms. The molecule has 1 N–H and O–H groups in total. The van der Waals surface area contributed by atoms with Gasteiger partial charge < -0.3 is 14.8 Å². The van der Waals surface area contributed by atoms with E-state index in [0.29, 0.717) is 12.5 Å². The highest BCUT2D eigenvalue weighted by molar-refractivity contribution is 9.10. The van der Waals surface area contributed by atoms with Gasteiger partial charge in [0.25, 0.3) is 0 Å². The normalized spacial score (nSPS) is 11.3. The molecule has 0 saturated carbocycles. The van der Waals surface area contributed by atoms with Crippen LogP contribution in [0.3, 0.4) is 0 Å². The average molecular weight is 301 g/mol. The van der Waals surface area contributed by atoms with E-state index in [9.17, 15) is 0 Å². The Bertz CT molecular complexity index is 498. The van der Waals surface area contributed by atoms with Gasteiger partial charge in [0, 0.05) is 20.4 Å². The summed E-state index contributed by atoms with van der Waals surface area (Å²) in [5.41, 5.74) is 0.765. The van der Waals surface area contributed by atoms with Gasteiger partial charge in [-0.3, -0.25) is 0 Å². The molecule has 0 radical (unpaired) electrons. The van der Waals surface area contributed by atoms with Crippen LogP contribution in [-0.4, -0.2) is 41.7 Å². The van der Waals surface area contributed by atoms with Gasteiger partial charge >= 0.3 is 0 Å². The van der Waals surface area contributed by atoms with E-state index in [0.717, 1.165) is 10.1 Å². The first kappa shape index (κ1) is 12.3. The summed E-state index contributed by atoms with van der Waals surface area (Å²) < 4.78 is 12.7. The van der Waals surface area contributed by atoms with E-state index in [-0.39, 0.29) is 6.29 Å². The van der Waals surface area contributed by atoms with Crippen LogP contribution in [0.1, 0.15) is 0 Å². The van der Waals surface area contributed by atoms with E-state index < -0.39 is 0 Å². The van der Waals surface area contributed by atoms with Crippen LogP contribution < -0.4 is 5.32 Å². The maximum Gasteiger partial charge on any atom is 0.243 e. The Morgan fingerprint density at radius 1 is 1.47 bits per heavy atom. The Labute approximate surface area is 107 Å². The van der Waals surface area contributed by atoms with Gasteiger partial charge in [-0.15, -0.1) is 5.10 Å². The van der Waals surface area contributed by atoms with Crippen molar-refractivity contribution >= 4 is 27.5 Å². The Hall–Kier alpha value is -1.18. The lowest BCUT2D eigenvalue weighted by atomic mass is 10.5. The minimum Gasteiger partial charge on any atom is -0.354 e. The van der Waals surface area contributed by atoms with E-state index >= 15 is 0 Å². The number of methoxy groups -OCH3 is 2. The van der Waals surface area contributed by atoms with Crippen molar-refractivity contribution in [3.8, 4) is 0 Å². The number of pyridine rings is 1. The largest absolute Gasteiger partial charge is 0.354 e. The number of aromatic nitrogens is 3. The molecule has 2 aromatic heterocycles. The fraction of sp³-hybridized carbons (Fsp3) is 0.400. The van der Waals surface area contributed by atoms with Crippen molar-refractivity contribution in [2.24, 2.45) is 0 Å². The summed E-state index contributed by atoms with van der Waals surface area (Å²) in [5, 5.41) is 7.32. The summed E-state index contributed by atoms with van der Waals surface area (Å²) in [4.78, 5) is 4.34. The van der Waals surface area contributed by atoms with Crippen LogP contribution >= 0.6 is 15.9 Å². The number of halogens is 1. The highest BCUT2D eigenvalue weighted by Gasteiger charge is 2.09.